The molecule has 5 aromatic rings. The number of hydrogen-bond acceptors (Lipinski definition) is 4. The van der Waals surface area contributed by atoms with E-state index in [1.807, 2.05) is 0 Å². The van der Waals surface area contributed by atoms with Gasteiger partial charge in [0.2, 0.25) is 0 Å². The highest BCUT2D eigenvalue weighted by Gasteiger charge is 2.39. The zero-order valence-corrected chi connectivity index (χ0v) is 23.1. The number of fused-ring (bicyclic) bond motifs is 2. The van der Waals surface area contributed by atoms with Crippen molar-refractivity contribution in [1.82, 2.24) is 9.80 Å². The molecule has 38 heavy (non-hydrogen) atoms. The summed E-state index contributed by atoms with van der Waals surface area (Å²) in [5, 5.41) is 15.9. The van der Waals surface area contributed by atoms with Crippen LogP contribution in [0.5, 0.6) is 0 Å². The normalized spacial score (nSPS) is 17.5. The van der Waals surface area contributed by atoms with Crippen LogP contribution in [-0.2, 0) is 0 Å². The summed E-state index contributed by atoms with van der Waals surface area (Å²) in [6, 6.07) is 5.89. The van der Waals surface area contributed by atoms with Gasteiger partial charge in [-0.3, -0.25) is 19.3 Å². The number of imide groups is 1. The molecular weight excluding hydrogens is 570 g/mol. The van der Waals surface area contributed by atoms with E-state index in [2.05, 4.69) is 0 Å². The van der Waals surface area contributed by atoms with Crippen LogP contribution in [0.15, 0.2) is 24.3 Å². The van der Waals surface area contributed by atoms with Gasteiger partial charge in [0.25, 0.3) is 17.7 Å². The Morgan fingerprint density at radius 2 is 1.03 bits per heavy atom. The molecule has 2 aliphatic heterocycles. The molecule has 7 rings (SSSR count). The van der Waals surface area contributed by atoms with Crippen molar-refractivity contribution in [2.45, 2.75) is 26.1 Å². The minimum atomic E-state index is -1.23. The number of hydrogen-bond donors (Lipinski definition) is 1. The maximum absolute atomic E-state index is 13.5. The largest absolute Gasteiger partial charge is 0.369 e. The van der Waals surface area contributed by atoms with Crippen LogP contribution >= 0.6 is 46.4 Å². The molecular formula is C28H16Cl4N2O4. The molecule has 2 aliphatic rings. The van der Waals surface area contributed by atoms with Crippen molar-refractivity contribution in [3.63, 3.8) is 0 Å². The van der Waals surface area contributed by atoms with E-state index < -0.39 is 23.9 Å². The average molecular weight is 586 g/mol. The third-order valence-corrected chi connectivity index (χ3v) is 8.95. The fourth-order valence-corrected chi connectivity index (χ4v) is 7.39. The number of rotatable bonds is 1. The molecule has 10 heteroatoms. The van der Waals surface area contributed by atoms with Crippen LogP contribution in [0.3, 0.4) is 0 Å². The van der Waals surface area contributed by atoms with E-state index in [4.69, 9.17) is 46.4 Å². The number of carbonyl (C=O) groups is 3. The minimum absolute atomic E-state index is 0.234. The average Bonchev–Trinajstić information content (AvgIpc) is 2.86. The van der Waals surface area contributed by atoms with E-state index in [1.165, 1.54) is 16.8 Å². The summed E-state index contributed by atoms with van der Waals surface area (Å²) < 4.78 is 0. The maximum atomic E-state index is 13.5. The molecule has 3 amide bonds. The Bertz CT molecular complexity index is 1930. The lowest BCUT2D eigenvalue weighted by Gasteiger charge is -2.33. The van der Waals surface area contributed by atoms with Crippen molar-refractivity contribution >= 4 is 107 Å². The maximum Gasteiger partial charge on any atom is 0.261 e. The molecule has 0 fully saturated rings. The van der Waals surface area contributed by atoms with Gasteiger partial charge in [0.05, 0.1) is 11.1 Å². The molecule has 0 aliphatic carbocycles. The van der Waals surface area contributed by atoms with E-state index in [1.54, 1.807) is 38.1 Å². The number of aliphatic hydroxyl groups is 1. The number of carbonyl (C=O) groups excluding carboxylic acids is 3. The second-order valence-electron chi connectivity index (χ2n) is 10.0. The summed E-state index contributed by atoms with van der Waals surface area (Å²) in [7, 11) is 1.50. The highest BCUT2D eigenvalue weighted by Crippen LogP contribution is 2.54. The second kappa shape index (κ2) is 7.62. The van der Waals surface area contributed by atoms with Gasteiger partial charge in [0.15, 0.2) is 6.23 Å². The standard InChI is InChI=1S/C28H16Cl4N2O4/c1-8(2)34-27(37)11-6-15(31)21-19-13(29)4-9-17-10(26(36)33(3)25(9)35)5-14(30)20(23(17)19)22-16(32)7-12(28(34)38)18(11)24(21)22/h4-8,25,35H,1-3H3. The Balaban J connectivity index is 1.82. The first kappa shape index (κ1) is 24.2. The number of halogens is 4. The summed E-state index contributed by atoms with van der Waals surface area (Å²) in [6.07, 6.45) is -1.23. The van der Waals surface area contributed by atoms with Gasteiger partial charge >= 0.3 is 0 Å². The van der Waals surface area contributed by atoms with Crippen LogP contribution in [-0.4, -0.2) is 45.7 Å². The summed E-state index contributed by atoms with van der Waals surface area (Å²) in [5.41, 5.74) is 1.32. The van der Waals surface area contributed by atoms with Gasteiger partial charge in [-0.15, -0.1) is 0 Å². The van der Waals surface area contributed by atoms with Gasteiger partial charge < -0.3 is 10.0 Å². The van der Waals surface area contributed by atoms with Gasteiger partial charge in [0.1, 0.15) is 0 Å². The van der Waals surface area contributed by atoms with Gasteiger partial charge in [-0.2, -0.15) is 0 Å². The Morgan fingerprint density at radius 3 is 1.47 bits per heavy atom. The number of amides is 3. The first-order chi connectivity index (χ1) is 18.0. The van der Waals surface area contributed by atoms with Crippen molar-refractivity contribution in [2.75, 3.05) is 7.05 Å². The quantitative estimate of drug-likeness (QED) is 0.126. The Morgan fingerprint density at radius 1 is 0.632 bits per heavy atom. The molecule has 0 saturated carbocycles. The molecule has 0 aromatic heterocycles. The van der Waals surface area contributed by atoms with Crippen LogP contribution in [0, 0.1) is 0 Å². The highest BCUT2D eigenvalue weighted by molar-refractivity contribution is 6.55. The van der Waals surface area contributed by atoms with Gasteiger partial charge in [-0.25, -0.2) is 0 Å². The first-order valence-electron chi connectivity index (χ1n) is 11.8. The van der Waals surface area contributed by atoms with Crippen molar-refractivity contribution < 1.29 is 19.5 Å². The van der Waals surface area contributed by atoms with Crippen molar-refractivity contribution in [3.8, 4) is 0 Å². The van der Waals surface area contributed by atoms with E-state index in [-0.39, 0.29) is 37.3 Å². The van der Waals surface area contributed by atoms with E-state index >= 15 is 0 Å². The lowest BCUT2D eigenvalue weighted by atomic mass is 9.81. The molecule has 0 saturated heterocycles. The molecule has 1 unspecified atom stereocenters. The molecule has 2 heterocycles. The Labute approximate surface area is 235 Å². The molecule has 0 bridgehead atoms. The third-order valence-electron chi connectivity index (χ3n) is 7.76. The minimum Gasteiger partial charge on any atom is -0.369 e. The Kier molecular flexibility index (Phi) is 4.85. The predicted molar refractivity (Wildman–Crippen MR) is 150 cm³/mol. The smallest absolute Gasteiger partial charge is 0.261 e. The van der Waals surface area contributed by atoms with Gasteiger partial charge in [0, 0.05) is 87.4 Å². The van der Waals surface area contributed by atoms with Crippen LogP contribution in [0.1, 0.15) is 56.7 Å². The lowest BCUT2D eigenvalue weighted by Crippen LogP contribution is -2.44. The fraction of sp³-hybridized carbons (Fsp3) is 0.179. The molecule has 0 spiro atoms. The number of aliphatic hydroxyl groups excluding tert-OH is 1. The SMILES string of the molecule is CC(C)N1C(=O)c2cc(Cl)c3c4c(Cl)cc5c6c(cc(Cl)c(c7c(Cl)cc(c2c37)C1=O)c64)C(O)N(C)C5=O. The zero-order valence-electron chi connectivity index (χ0n) is 20.0. The molecule has 5 aromatic carbocycles. The second-order valence-corrected chi connectivity index (χ2v) is 11.7. The summed E-state index contributed by atoms with van der Waals surface area (Å²) in [6.45, 7) is 3.52. The van der Waals surface area contributed by atoms with Crippen molar-refractivity contribution in [1.29, 1.82) is 0 Å². The fourth-order valence-electron chi connectivity index (χ4n) is 6.19. The third kappa shape index (κ3) is 2.67. The molecule has 1 atom stereocenters. The molecule has 190 valence electrons. The topological polar surface area (TPSA) is 77.9 Å². The molecule has 6 nitrogen and oxygen atoms in total. The van der Waals surface area contributed by atoms with Crippen molar-refractivity contribution in [3.05, 3.63) is 66.6 Å². The zero-order chi connectivity index (χ0) is 27.1. The van der Waals surface area contributed by atoms with Crippen molar-refractivity contribution in [2.24, 2.45) is 0 Å². The van der Waals surface area contributed by atoms with Gasteiger partial charge in [-0.05, 0) is 38.1 Å². The van der Waals surface area contributed by atoms with E-state index in [9.17, 15) is 19.5 Å². The van der Waals surface area contributed by atoms with Gasteiger partial charge in [-0.1, -0.05) is 46.4 Å². The lowest BCUT2D eigenvalue weighted by molar-refractivity contribution is 0.0174. The monoisotopic (exact) mass is 584 g/mol. The number of benzene rings is 5. The first-order valence-corrected chi connectivity index (χ1v) is 13.3. The Hall–Kier alpha value is -2.87. The van der Waals surface area contributed by atoms with Crippen LogP contribution in [0.2, 0.25) is 20.1 Å². The summed E-state index contributed by atoms with van der Waals surface area (Å²) in [4.78, 5) is 42.6. The predicted octanol–water partition coefficient (Wildman–Crippen LogP) is 7.43. The van der Waals surface area contributed by atoms with E-state index in [0.29, 0.717) is 54.2 Å². The van der Waals surface area contributed by atoms with E-state index in [0.717, 1.165) is 0 Å². The highest BCUT2D eigenvalue weighted by atomic mass is 35.5. The molecule has 0 radical (unpaired) electrons. The van der Waals surface area contributed by atoms with Crippen LogP contribution in [0.4, 0.5) is 0 Å². The van der Waals surface area contributed by atoms with Crippen LogP contribution < -0.4 is 0 Å². The summed E-state index contributed by atoms with van der Waals surface area (Å²) in [5.74, 6) is -1.31. The molecule has 1 N–H and O–H groups in total. The summed E-state index contributed by atoms with van der Waals surface area (Å²) >= 11 is 27.6. The number of nitrogens with zero attached hydrogens (tertiary/aromatic N) is 2. The van der Waals surface area contributed by atoms with Crippen LogP contribution in [0.25, 0.3) is 43.1 Å².